The van der Waals surface area contributed by atoms with Gasteiger partial charge in [-0.15, -0.1) is 0 Å². The summed E-state index contributed by atoms with van der Waals surface area (Å²) in [6.45, 7) is 0. The first-order valence-corrected chi connectivity index (χ1v) is 6.53. The number of carbonyl (C=O) groups excluding carboxylic acids is 2. The number of nitrogens with zero attached hydrogens (tertiary/aromatic N) is 2. The van der Waals surface area contributed by atoms with Gasteiger partial charge in [0, 0.05) is 0 Å². The summed E-state index contributed by atoms with van der Waals surface area (Å²) >= 11 is 0. The smallest absolute Gasteiger partial charge is 0.326 e. The van der Waals surface area contributed by atoms with Crippen molar-refractivity contribution in [2.75, 3.05) is 0 Å². The molecule has 0 radical (unpaired) electrons. The molecule has 3 rings (SSSR count). The van der Waals surface area contributed by atoms with Crippen LogP contribution in [0.5, 0.6) is 0 Å². The summed E-state index contributed by atoms with van der Waals surface area (Å²) in [6, 6.07) is -3.58. The highest BCUT2D eigenvalue weighted by Crippen LogP contribution is 2.37. The van der Waals surface area contributed by atoms with Crippen LogP contribution in [0.2, 0.25) is 0 Å². The molecule has 108 valence electrons. The Labute approximate surface area is 113 Å². The number of hydrogen-bond donors (Lipinski definition) is 2. The highest BCUT2D eigenvalue weighted by molar-refractivity contribution is 6.02. The van der Waals surface area contributed by atoms with Crippen LogP contribution in [0, 0.1) is 0 Å². The van der Waals surface area contributed by atoms with E-state index in [4.69, 9.17) is 10.2 Å². The number of amides is 2. The van der Waals surface area contributed by atoms with Crippen molar-refractivity contribution in [2.45, 2.75) is 49.9 Å². The van der Waals surface area contributed by atoms with Crippen molar-refractivity contribution in [1.82, 2.24) is 9.80 Å². The van der Waals surface area contributed by atoms with E-state index in [-0.39, 0.29) is 25.7 Å². The van der Waals surface area contributed by atoms with Crippen LogP contribution >= 0.6 is 0 Å². The normalized spacial score (nSPS) is 36.0. The molecule has 4 atom stereocenters. The van der Waals surface area contributed by atoms with E-state index in [0.29, 0.717) is 0 Å². The van der Waals surface area contributed by atoms with E-state index in [0.717, 1.165) is 9.80 Å². The van der Waals surface area contributed by atoms with E-state index in [1.54, 1.807) is 0 Å². The van der Waals surface area contributed by atoms with Gasteiger partial charge in [-0.3, -0.25) is 9.59 Å². The fourth-order valence-electron chi connectivity index (χ4n) is 3.55. The molecule has 0 saturated carbocycles. The van der Waals surface area contributed by atoms with Gasteiger partial charge >= 0.3 is 11.9 Å². The molecule has 3 saturated heterocycles. The second-order valence-corrected chi connectivity index (χ2v) is 5.39. The summed E-state index contributed by atoms with van der Waals surface area (Å²) in [5.41, 5.74) is 0. The lowest BCUT2D eigenvalue weighted by Gasteiger charge is -2.41. The van der Waals surface area contributed by atoms with Crippen molar-refractivity contribution < 1.29 is 29.4 Å². The van der Waals surface area contributed by atoms with Crippen LogP contribution in [-0.4, -0.2) is 67.9 Å². The van der Waals surface area contributed by atoms with Crippen molar-refractivity contribution in [3.05, 3.63) is 0 Å². The van der Waals surface area contributed by atoms with Crippen LogP contribution in [0.25, 0.3) is 0 Å². The average molecular weight is 282 g/mol. The summed E-state index contributed by atoms with van der Waals surface area (Å²) in [6.07, 6.45) is 1.01. The lowest BCUT2D eigenvalue weighted by molar-refractivity contribution is -0.167. The number of fused-ring (bicyclic) bond motifs is 2. The lowest BCUT2D eigenvalue weighted by Crippen LogP contribution is -2.65. The van der Waals surface area contributed by atoms with E-state index in [1.165, 1.54) is 0 Å². The molecule has 3 fully saturated rings. The topological polar surface area (TPSA) is 115 Å². The Morgan fingerprint density at radius 2 is 1.15 bits per heavy atom. The first-order valence-electron chi connectivity index (χ1n) is 6.53. The van der Waals surface area contributed by atoms with Crippen molar-refractivity contribution >= 4 is 23.8 Å². The van der Waals surface area contributed by atoms with Gasteiger partial charge in [-0.2, -0.15) is 0 Å². The Morgan fingerprint density at radius 3 is 1.45 bits per heavy atom. The molecule has 0 aromatic carbocycles. The Bertz CT molecular complexity index is 472. The molecule has 0 aromatic rings. The van der Waals surface area contributed by atoms with Gasteiger partial charge in [0.1, 0.15) is 24.2 Å². The maximum Gasteiger partial charge on any atom is 0.326 e. The van der Waals surface area contributed by atoms with E-state index in [9.17, 15) is 19.2 Å². The molecule has 0 bridgehead atoms. The van der Waals surface area contributed by atoms with E-state index >= 15 is 0 Å². The van der Waals surface area contributed by atoms with Gasteiger partial charge in [0.2, 0.25) is 11.8 Å². The molecule has 2 N–H and O–H groups in total. The fraction of sp³-hybridized carbons (Fsp3) is 0.667. The summed E-state index contributed by atoms with van der Waals surface area (Å²) < 4.78 is 0. The second-order valence-electron chi connectivity index (χ2n) is 5.39. The molecule has 3 aliphatic rings. The predicted octanol–water partition coefficient (Wildman–Crippen LogP) is -1.11. The largest absolute Gasteiger partial charge is 0.480 e. The molecule has 3 heterocycles. The van der Waals surface area contributed by atoms with E-state index in [1.807, 2.05) is 0 Å². The molecule has 0 unspecified atom stereocenters. The van der Waals surface area contributed by atoms with Crippen LogP contribution in [0.4, 0.5) is 0 Å². The number of carboxylic acids is 2. The molecule has 8 nitrogen and oxygen atoms in total. The maximum absolute atomic E-state index is 12.4. The van der Waals surface area contributed by atoms with Crippen molar-refractivity contribution in [1.29, 1.82) is 0 Å². The third-order valence-electron chi connectivity index (χ3n) is 4.42. The zero-order valence-corrected chi connectivity index (χ0v) is 10.6. The molecule has 0 aliphatic carbocycles. The number of rotatable bonds is 2. The fourth-order valence-corrected chi connectivity index (χ4v) is 3.55. The van der Waals surface area contributed by atoms with Gasteiger partial charge in [-0.05, 0) is 25.7 Å². The van der Waals surface area contributed by atoms with Gasteiger partial charge in [0.25, 0.3) is 0 Å². The number of piperazine rings is 1. The monoisotopic (exact) mass is 282 g/mol. The highest BCUT2D eigenvalue weighted by Gasteiger charge is 2.57. The van der Waals surface area contributed by atoms with Crippen LogP contribution in [0.15, 0.2) is 0 Å². The molecule has 3 aliphatic heterocycles. The Balaban J connectivity index is 1.95. The number of aliphatic carboxylic acids is 2. The lowest BCUT2D eigenvalue weighted by atomic mass is 10.1. The molecule has 0 spiro atoms. The SMILES string of the molecule is O=C(O)[C@@H]1CC[C@@H]2C(=O)N3[C@H](CC[C@H]3C(=O)O)C(=O)N21. The quantitative estimate of drug-likeness (QED) is 0.663. The Kier molecular flexibility index (Phi) is 2.70. The Hall–Kier alpha value is -2.12. The second kappa shape index (κ2) is 4.19. The predicted molar refractivity (Wildman–Crippen MR) is 62.6 cm³/mol. The number of carboxylic acid groups (broad SMARTS) is 2. The standard InChI is InChI=1S/C12H14N2O6/c15-9-5-1-3-7(11(17)18)13(5)10(16)6-2-4-8(12(19)20)14(6)9/h5-8H,1-4H2,(H,17,18)(H,19,20)/t5-,6-,7+,8+/m1/s1. The van der Waals surface area contributed by atoms with Crippen molar-refractivity contribution in [3.63, 3.8) is 0 Å². The molecule has 8 heteroatoms. The van der Waals surface area contributed by atoms with Crippen LogP contribution in [0.1, 0.15) is 25.7 Å². The van der Waals surface area contributed by atoms with Crippen molar-refractivity contribution in [3.8, 4) is 0 Å². The average Bonchev–Trinajstić information content (AvgIpc) is 3.00. The summed E-state index contributed by atoms with van der Waals surface area (Å²) in [7, 11) is 0. The van der Waals surface area contributed by atoms with Gasteiger partial charge in [0.05, 0.1) is 0 Å². The number of carbonyl (C=O) groups is 4. The minimum Gasteiger partial charge on any atom is -0.480 e. The third kappa shape index (κ3) is 1.53. The Morgan fingerprint density at radius 1 is 0.800 bits per heavy atom. The molecule has 20 heavy (non-hydrogen) atoms. The summed E-state index contributed by atoms with van der Waals surface area (Å²) in [5.74, 6) is -3.09. The summed E-state index contributed by atoms with van der Waals surface area (Å²) in [5, 5.41) is 18.2. The molecular formula is C12H14N2O6. The van der Waals surface area contributed by atoms with Gasteiger partial charge < -0.3 is 20.0 Å². The minimum absolute atomic E-state index is 0.232. The maximum atomic E-state index is 12.4. The van der Waals surface area contributed by atoms with Gasteiger partial charge in [-0.1, -0.05) is 0 Å². The zero-order valence-electron chi connectivity index (χ0n) is 10.6. The first kappa shape index (κ1) is 12.9. The summed E-state index contributed by atoms with van der Waals surface area (Å²) in [4.78, 5) is 49.4. The molecule has 0 aromatic heterocycles. The highest BCUT2D eigenvalue weighted by atomic mass is 16.4. The zero-order chi connectivity index (χ0) is 14.6. The van der Waals surface area contributed by atoms with E-state index in [2.05, 4.69) is 0 Å². The molecular weight excluding hydrogens is 268 g/mol. The van der Waals surface area contributed by atoms with Gasteiger partial charge in [-0.25, -0.2) is 9.59 Å². The van der Waals surface area contributed by atoms with Crippen LogP contribution in [-0.2, 0) is 19.2 Å². The third-order valence-corrected chi connectivity index (χ3v) is 4.42. The van der Waals surface area contributed by atoms with Crippen LogP contribution in [0.3, 0.4) is 0 Å². The number of hydrogen-bond acceptors (Lipinski definition) is 4. The van der Waals surface area contributed by atoms with Crippen LogP contribution < -0.4 is 0 Å². The first-order chi connectivity index (χ1) is 9.43. The molecule has 2 amide bonds. The minimum atomic E-state index is -1.12. The van der Waals surface area contributed by atoms with Gasteiger partial charge in [0.15, 0.2) is 0 Å². The van der Waals surface area contributed by atoms with E-state index < -0.39 is 47.9 Å². The van der Waals surface area contributed by atoms with Crippen molar-refractivity contribution in [2.24, 2.45) is 0 Å².